The number of carbonyl (C=O) groups excluding carboxylic acids is 2. The second-order valence-corrected chi connectivity index (χ2v) is 7.58. The molecule has 0 fully saturated rings. The molecule has 2 heterocycles. The van der Waals surface area contributed by atoms with Crippen molar-refractivity contribution in [2.45, 2.75) is 40.5 Å². The van der Waals surface area contributed by atoms with E-state index in [4.69, 9.17) is 11.6 Å². The van der Waals surface area contributed by atoms with Crippen molar-refractivity contribution in [3.8, 4) is 0 Å². The lowest BCUT2D eigenvalue weighted by atomic mass is 10.1. The zero-order valence-corrected chi connectivity index (χ0v) is 18.3. The van der Waals surface area contributed by atoms with Crippen molar-refractivity contribution in [3.05, 3.63) is 52.1 Å². The molecular weight excluding hydrogens is 404 g/mol. The number of nitrogens with one attached hydrogen (secondary N) is 1. The molecule has 0 bridgehead atoms. The van der Waals surface area contributed by atoms with Gasteiger partial charge in [-0.05, 0) is 57.4 Å². The van der Waals surface area contributed by atoms with Gasteiger partial charge < -0.3 is 10.2 Å². The van der Waals surface area contributed by atoms with E-state index in [1.54, 1.807) is 21.5 Å². The fourth-order valence-electron chi connectivity index (χ4n) is 3.38. The van der Waals surface area contributed by atoms with E-state index in [9.17, 15) is 9.59 Å². The Balaban J connectivity index is 1.64. The Hall–Kier alpha value is -3.00. The largest absolute Gasteiger partial charge is 0.334 e. The summed E-state index contributed by atoms with van der Waals surface area (Å²) < 4.78 is 1.67. The van der Waals surface area contributed by atoms with E-state index in [-0.39, 0.29) is 24.8 Å². The SMILES string of the molecule is CCN(CC(=O)Nc1cc(Cl)ccc1C)C(=O)CCc1c(C)nc2ncnn2c1C. The molecule has 3 rings (SSSR count). The third kappa shape index (κ3) is 4.76. The summed E-state index contributed by atoms with van der Waals surface area (Å²) in [7, 11) is 0. The molecular formula is C21H25ClN6O2. The summed E-state index contributed by atoms with van der Waals surface area (Å²) in [6.45, 7) is 8.02. The summed E-state index contributed by atoms with van der Waals surface area (Å²) in [4.78, 5) is 35.3. The maximum atomic E-state index is 12.8. The summed E-state index contributed by atoms with van der Waals surface area (Å²) in [5, 5.41) is 7.55. The van der Waals surface area contributed by atoms with Crippen LogP contribution in [0.2, 0.25) is 5.02 Å². The van der Waals surface area contributed by atoms with E-state index in [1.165, 1.54) is 6.33 Å². The number of hydrogen-bond donors (Lipinski definition) is 1. The highest BCUT2D eigenvalue weighted by Gasteiger charge is 2.18. The van der Waals surface area contributed by atoms with Gasteiger partial charge in [-0.15, -0.1) is 0 Å². The summed E-state index contributed by atoms with van der Waals surface area (Å²) in [5.41, 5.74) is 4.27. The molecule has 0 saturated heterocycles. The van der Waals surface area contributed by atoms with E-state index in [0.717, 1.165) is 22.5 Å². The number of rotatable bonds is 7. The first-order chi connectivity index (χ1) is 14.3. The molecule has 9 heteroatoms. The Kier molecular flexibility index (Phi) is 6.66. The molecule has 0 atom stereocenters. The average Bonchev–Trinajstić information content (AvgIpc) is 3.17. The highest BCUT2D eigenvalue weighted by Crippen LogP contribution is 2.20. The van der Waals surface area contributed by atoms with Gasteiger partial charge in [0.25, 0.3) is 5.78 Å². The van der Waals surface area contributed by atoms with Crippen LogP contribution in [0.25, 0.3) is 5.78 Å². The Morgan fingerprint density at radius 1 is 1.23 bits per heavy atom. The summed E-state index contributed by atoms with van der Waals surface area (Å²) in [5.74, 6) is 0.199. The van der Waals surface area contributed by atoms with E-state index in [1.807, 2.05) is 33.8 Å². The summed E-state index contributed by atoms with van der Waals surface area (Å²) in [6.07, 6.45) is 2.26. The number of amides is 2. The predicted molar refractivity (Wildman–Crippen MR) is 116 cm³/mol. The zero-order chi connectivity index (χ0) is 21.8. The number of carbonyl (C=O) groups is 2. The molecule has 0 aliphatic heterocycles. The molecule has 0 unspecified atom stereocenters. The number of benzene rings is 1. The number of aryl methyl sites for hydroxylation is 3. The van der Waals surface area contributed by atoms with Crippen LogP contribution < -0.4 is 5.32 Å². The number of aromatic nitrogens is 4. The lowest BCUT2D eigenvalue weighted by Gasteiger charge is -2.21. The lowest BCUT2D eigenvalue weighted by molar-refractivity contribution is -0.134. The van der Waals surface area contributed by atoms with Crippen LogP contribution in [0.1, 0.15) is 35.9 Å². The highest BCUT2D eigenvalue weighted by atomic mass is 35.5. The minimum Gasteiger partial charge on any atom is -0.334 e. The second-order valence-electron chi connectivity index (χ2n) is 7.15. The van der Waals surface area contributed by atoms with Crippen molar-refractivity contribution in [2.75, 3.05) is 18.4 Å². The summed E-state index contributed by atoms with van der Waals surface area (Å²) >= 11 is 6.01. The number of halogens is 1. The Morgan fingerprint density at radius 2 is 2.00 bits per heavy atom. The second kappa shape index (κ2) is 9.21. The van der Waals surface area contributed by atoms with Crippen molar-refractivity contribution >= 4 is 34.9 Å². The Bertz CT molecular complexity index is 1090. The zero-order valence-electron chi connectivity index (χ0n) is 17.6. The van der Waals surface area contributed by atoms with Crippen LogP contribution in [-0.2, 0) is 16.0 Å². The van der Waals surface area contributed by atoms with Crippen molar-refractivity contribution in [1.82, 2.24) is 24.5 Å². The minimum absolute atomic E-state index is 0.0143. The molecule has 0 saturated carbocycles. The highest BCUT2D eigenvalue weighted by molar-refractivity contribution is 6.31. The van der Waals surface area contributed by atoms with E-state index in [0.29, 0.717) is 29.5 Å². The number of fused-ring (bicyclic) bond motifs is 1. The van der Waals surface area contributed by atoms with Crippen LogP contribution >= 0.6 is 11.6 Å². The lowest BCUT2D eigenvalue weighted by Crippen LogP contribution is -2.38. The van der Waals surface area contributed by atoms with Crippen molar-refractivity contribution in [2.24, 2.45) is 0 Å². The maximum absolute atomic E-state index is 12.8. The van der Waals surface area contributed by atoms with Gasteiger partial charge >= 0.3 is 0 Å². The van der Waals surface area contributed by atoms with Gasteiger partial charge in [-0.2, -0.15) is 10.1 Å². The van der Waals surface area contributed by atoms with Crippen LogP contribution in [0.3, 0.4) is 0 Å². The van der Waals surface area contributed by atoms with Gasteiger partial charge in [0.1, 0.15) is 6.33 Å². The monoisotopic (exact) mass is 428 g/mol. The van der Waals surface area contributed by atoms with Gasteiger partial charge in [0.15, 0.2) is 0 Å². The number of likely N-dealkylation sites (N-methyl/N-ethyl adjacent to an activating group) is 1. The first-order valence-electron chi connectivity index (χ1n) is 9.79. The molecule has 0 aliphatic carbocycles. The molecule has 30 heavy (non-hydrogen) atoms. The number of nitrogens with zero attached hydrogens (tertiary/aromatic N) is 5. The number of hydrogen-bond acceptors (Lipinski definition) is 5. The predicted octanol–water partition coefficient (Wildman–Crippen LogP) is 3.12. The molecule has 158 valence electrons. The minimum atomic E-state index is -0.256. The van der Waals surface area contributed by atoms with Crippen molar-refractivity contribution in [1.29, 1.82) is 0 Å². The number of anilines is 1. The maximum Gasteiger partial charge on any atom is 0.252 e. The molecule has 2 amide bonds. The third-order valence-electron chi connectivity index (χ3n) is 5.12. The van der Waals surface area contributed by atoms with Crippen LogP contribution in [0.5, 0.6) is 0 Å². The van der Waals surface area contributed by atoms with Gasteiger partial charge in [-0.25, -0.2) is 9.50 Å². The molecule has 0 spiro atoms. The molecule has 0 aliphatic rings. The van der Waals surface area contributed by atoms with Crippen molar-refractivity contribution < 1.29 is 9.59 Å². The fraction of sp³-hybridized carbons (Fsp3) is 0.381. The fourth-order valence-corrected chi connectivity index (χ4v) is 3.55. The molecule has 3 aromatic rings. The smallest absolute Gasteiger partial charge is 0.252 e. The topological polar surface area (TPSA) is 92.5 Å². The first-order valence-corrected chi connectivity index (χ1v) is 10.2. The Morgan fingerprint density at radius 3 is 2.73 bits per heavy atom. The van der Waals surface area contributed by atoms with Crippen LogP contribution in [0.15, 0.2) is 24.5 Å². The molecule has 0 radical (unpaired) electrons. The van der Waals surface area contributed by atoms with E-state index >= 15 is 0 Å². The van der Waals surface area contributed by atoms with Crippen LogP contribution in [0.4, 0.5) is 5.69 Å². The van der Waals surface area contributed by atoms with E-state index in [2.05, 4.69) is 20.4 Å². The molecule has 1 aromatic carbocycles. The van der Waals surface area contributed by atoms with Gasteiger partial charge in [-0.1, -0.05) is 17.7 Å². The normalized spacial score (nSPS) is 11.0. The van der Waals surface area contributed by atoms with Crippen LogP contribution in [0, 0.1) is 20.8 Å². The van der Waals surface area contributed by atoms with Crippen molar-refractivity contribution in [3.63, 3.8) is 0 Å². The quantitative estimate of drug-likeness (QED) is 0.624. The van der Waals surface area contributed by atoms with Crippen LogP contribution in [-0.4, -0.2) is 49.4 Å². The van der Waals surface area contributed by atoms with Gasteiger partial charge in [0.2, 0.25) is 11.8 Å². The van der Waals surface area contributed by atoms with E-state index < -0.39 is 0 Å². The Labute approximate surface area is 180 Å². The molecule has 1 N–H and O–H groups in total. The van der Waals surface area contributed by atoms with Gasteiger partial charge in [0.05, 0.1) is 6.54 Å². The summed E-state index contributed by atoms with van der Waals surface area (Å²) in [6, 6.07) is 5.31. The third-order valence-corrected chi connectivity index (χ3v) is 5.36. The molecule has 2 aromatic heterocycles. The average molecular weight is 429 g/mol. The standard InChI is InChI=1S/C21H25ClN6O2/c1-5-27(11-19(29)26-18-10-16(22)7-6-13(18)2)20(30)9-8-17-14(3)25-21-23-12-24-28(21)15(17)4/h6-7,10,12H,5,8-9,11H2,1-4H3,(H,26,29). The van der Waals surface area contributed by atoms with Gasteiger partial charge in [-0.3, -0.25) is 9.59 Å². The van der Waals surface area contributed by atoms with Gasteiger partial charge in [0, 0.05) is 35.1 Å². The molecule has 8 nitrogen and oxygen atoms in total. The first kappa shape index (κ1) is 21.7.